The van der Waals surface area contributed by atoms with Crippen molar-refractivity contribution >= 4 is 17.7 Å². The van der Waals surface area contributed by atoms with Crippen molar-refractivity contribution in [1.29, 1.82) is 0 Å². The van der Waals surface area contributed by atoms with Crippen LogP contribution in [0.15, 0.2) is 24.3 Å². The summed E-state index contributed by atoms with van der Waals surface area (Å²) in [6.07, 6.45) is 0. The number of anilines is 1. The van der Waals surface area contributed by atoms with Gasteiger partial charge in [0.15, 0.2) is 0 Å². The first kappa shape index (κ1) is 13.2. The van der Waals surface area contributed by atoms with Crippen molar-refractivity contribution in [3.05, 3.63) is 24.3 Å². The molecular formula is C13H17N3O3. The molecule has 4 amide bonds. The molecule has 1 aliphatic heterocycles. The highest BCUT2D eigenvalue weighted by Crippen LogP contribution is 2.18. The lowest BCUT2D eigenvalue weighted by Crippen LogP contribution is -2.41. The summed E-state index contributed by atoms with van der Waals surface area (Å²) < 4.78 is 5.04. The molecule has 1 atom stereocenters. The molecule has 1 N–H and O–H groups in total. The quantitative estimate of drug-likeness (QED) is 0.887. The fourth-order valence-corrected chi connectivity index (χ4v) is 2.07. The molecule has 1 aromatic carbocycles. The van der Waals surface area contributed by atoms with E-state index in [1.807, 2.05) is 6.92 Å². The maximum absolute atomic E-state index is 12.1. The summed E-state index contributed by atoms with van der Waals surface area (Å²) in [5, 5.41) is 2.70. The minimum Gasteiger partial charge on any atom is -0.497 e. The molecule has 1 aliphatic rings. The van der Waals surface area contributed by atoms with Crippen molar-refractivity contribution in [2.24, 2.45) is 0 Å². The Bertz CT molecular complexity index is 486. The number of urea groups is 2. The molecular weight excluding hydrogens is 246 g/mol. The molecule has 1 aromatic rings. The second kappa shape index (κ2) is 5.17. The number of methoxy groups -OCH3 is 1. The van der Waals surface area contributed by atoms with E-state index in [0.717, 1.165) is 0 Å². The second-order valence-electron chi connectivity index (χ2n) is 4.54. The first-order valence-corrected chi connectivity index (χ1v) is 6.02. The molecule has 0 spiro atoms. The zero-order valence-corrected chi connectivity index (χ0v) is 11.2. The van der Waals surface area contributed by atoms with Gasteiger partial charge in [0.25, 0.3) is 0 Å². The number of hydrogen-bond donors (Lipinski definition) is 1. The topological polar surface area (TPSA) is 61.9 Å². The molecule has 0 saturated carbocycles. The van der Waals surface area contributed by atoms with Crippen molar-refractivity contribution in [3.8, 4) is 5.75 Å². The van der Waals surface area contributed by atoms with E-state index >= 15 is 0 Å². The van der Waals surface area contributed by atoms with Crippen molar-refractivity contribution < 1.29 is 14.3 Å². The average molecular weight is 263 g/mol. The lowest BCUT2D eigenvalue weighted by Gasteiger charge is -2.18. The molecule has 1 saturated heterocycles. The third-order valence-corrected chi connectivity index (χ3v) is 3.07. The van der Waals surface area contributed by atoms with Crippen LogP contribution in [0.1, 0.15) is 6.92 Å². The smallest absolute Gasteiger partial charge is 0.330 e. The van der Waals surface area contributed by atoms with E-state index in [1.54, 1.807) is 38.4 Å². The normalized spacial score (nSPS) is 18.7. The van der Waals surface area contributed by atoms with Gasteiger partial charge in [-0.05, 0) is 31.2 Å². The van der Waals surface area contributed by atoms with Gasteiger partial charge >= 0.3 is 12.1 Å². The number of benzene rings is 1. The van der Waals surface area contributed by atoms with Crippen LogP contribution < -0.4 is 10.1 Å². The van der Waals surface area contributed by atoms with Crippen molar-refractivity contribution in [2.75, 3.05) is 26.0 Å². The van der Waals surface area contributed by atoms with Gasteiger partial charge in [-0.1, -0.05) is 0 Å². The van der Waals surface area contributed by atoms with Gasteiger partial charge in [-0.15, -0.1) is 0 Å². The van der Waals surface area contributed by atoms with Gasteiger partial charge in [0.05, 0.1) is 13.2 Å². The zero-order valence-electron chi connectivity index (χ0n) is 11.2. The van der Waals surface area contributed by atoms with Gasteiger partial charge in [0.1, 0.15) is 5.75 Å². The summed E-state index contributed by atoms with van der Waals surface area (Å²) in [6, 6.07) is 6.13. The van der Waals surface area contributed by atoms with Gasteiger partial charge in [-0.25, -0.2) is 14.5 Å². The molecule has 6 heteroatoms. The largest absolute Gasteiger partial charge is 0.497 e. The van der Waals surface area contributed by atoms with Crippen LogP contribution in [0.5, 0.6) is 5.75 Å². The highest BCUT2D eigenvalue weighted by Gasteiger charge is 2.36. The van der Waals surface area contributed by atoms with E-state index < -0.39 is 6.03 Å². The van der Waals surface area contributed by atoms with E-state index in [4.69, 9.17) is 4.74 Å². The maximum Gasteiger partial charge on any atom is 0.330 e. The van der Waals surface area contributed by atoms with Gasteiger partial charge in [0.2, 0.25) is 0 Å². The summed E-state index contributed by atoms with van der Waals surface area (Å²) in [7, 11) is 3.26. The van der Waals surface area contributed by atoms with Crippen molar-refractivity contribution in [1.82, 2.24) is 9.80 Å². The number of carbonyl (C=O) groups excluding carboxylic acids is 2. The standard InChI is InChI=1S/C13H17N3O3/c1-9-8-15(2)13(18)16(9)12(17)14-10-4-6-11(19-3)7-5-10/h4-7,9H,8H2,1-3H3,(H,14,17). The van der Waals surface area contributed by atoms with Gasteiger partial charge in [-0.2, -0.15) is 0 Å². The first-order chi connectivity index (χ1) is 9.02. The SMILES string of the molecule is COc1ccc(NC(=O)N2C(=O)N(C)CC2C)cc1. The zero-order chi connectivity index (χ0) is 14.0. The van der Waals surface area contributed by atoms with Gasteiger partial charge < -0.3 is 15.0 Å². The van der Waals surface area contributed by atoms with Gasteiger partial charge in [-0.3, -0.25) is 0 Å². The average Bonchev–Trinajstić information content (AvgIpc) is 2.64. The number of likely N-dealkylation sites (N-methyl/N-ethyl adjacent to an activating group) is 1. The number of imide groups is 1. The van der Waals surface area contributed by atoms with Crippen molar-refractivity contribution in [2.45, 2.75) is 13.0 Å². The Balaban J connectivity index is 2.06. The Hall–Kier alpha value is -2.24. The summed E-state index contributed by atoms with van der Waals surface area (Å²) >= 11 is 0. The van der Waals surface area contributed by atoms with Crippen LogP contribution >= 0.6 is 0 Å². The van der Waals surface area contributed by atoms with Crippen LogP contribution in [0.2, 0.25) is 0 Å². The fraction of sp³-hybridized carbons (Fsp3) is 0.385. The molecule has 1 heterocycles. The molecule has 102 valence electrons. The van der Waals surface area contributed by atoms with E-state index in [9.17, 15) is 9.59 Å². The van der Waals surface area contributed by atoms with E-state index in [1.165, 1.54) is 9.80 Å². The molecule has 1 fully saturated rings. The van der Waals surface area contributed by atoms with Crippen LogP contribution in [0, 0.1) is 0 Å². The summed E-state index contributed by atoms with van der Waals surface area (Å²) in [5.74, 6) is 0.711. The molecule has 0 radical (unpaired) electrons. The molecule has 2 rings (SSSR count). The highest BCUT2D eigenvalue weighted by molar-refractivity contribution is 6.02. The Kier molecular flexibility index (Phi) is 3.59. The number of hydrogen-bond acceptors (Lipinski definition) is 3. The molecule has 0 aromatic heterocycles. The fourth-order valence-electron chi connectivity index (χ4n) is 2.07. The van der Waals surface area contributed by atoms with Crippen LogP contribution in [-0.2, 0) is 0 Å². The Morgan fingerprint density at radius 2 is 2.00 bits per heavy atom. The molecule has 0 bridgehead atoms. The van der Waals surface area contributed by atoms with E-state index in [0.29, 0.717) is 18.0 Å². The third kappa shape index (κ3) is 2.62. The highest BCUT2D eigenvalue weighted by atomic mass is 16.5. The summed E-state index contributed by atoms with van der Waals surface area (Å²) in [4.78, 5) is 26.6. The number of amides is 4. The summed E-state index contributed by atoms with van der Waals surface area (Å²) in [6.45, 7) is 2.39. The lowest BCUT2D eigenvalue weighted by atomic mass is 10.3. The lowest BCUT2D eigenvalue weighted by molar-refractivity contribution is 0.190. The predicted molar refractivity (Wildman–Crippen MR) is 71.3 cm³/mol. The number of nitrogens with zero attached hydrogens (tertiary/aromatic N) is 2. The third-order valence-electron chi connectivity index (χ3n) is 3.07. The van der Waals surface area contributed by atoms with Crippen LogP contribution in [0.3, 0.4) is 0 Å². The number of ether oxygens (including phenoxy) is 1. The van der Waals surface area contributed by atoms with E-state index in [-0.39, 0.29) is 12.1 Å². The Morgan fingerprint density at radius 1 is 1.37 bits per heavy atom. The first-order valence-electron chi connectivity index (χ1n) is 6.02. The maximum atomic E-state index is 12.1. The molecule has 6 nitrogen and oxygen atoms in total. The van der Waals surface area contributed by atoms with Crippen molar-refractivity contribution in [3.63, 3.8) is 0 Å². The number of nitrogens with one attached hydrogen (secondary N) is 1. The monoisotopic (exact) mass is 263 g/mol. The van der Waals surface area contributed by atoms with E-state index in [2.05, 4.69) is 5.32 Å². The van der Waals surface area contributed by atoms with Gasteiger partial charge in [0, 0.05) is 19.3 Å². The van der Waals surface area contributed by atoms with Crippen LogP contribution in [-0.4, -0.2) is 48.6 Å². The van der Waals surface area contributed by atoms with Crippen LogP contribution in [0.4, 0.5) is 15.3 Å². The Morgan fingerprint density at radius 3 is 2.47 bits per heavy atom. The molecule has 19 heavy (non-hydrogen) atoms. The minimum atomic E-state index is -0.410. The second-order valence-corrected chi connectivity index (χ2v) is 4.54. The molecule has 0 aliphatic carbocycles. The number of carbonyl (C=O) groups is 2. The van der Waals surface area contributed by atoms with Crippen LogP contribution in [0.25, 0.3) is 0 Å². The number of rotatable bonds is 2. The Labute approximate surface area is 111 Å². The minimum absolute atomic E-state index is 0.129. The predicted octanol–water partition coefficient (Wildman–Crippen LogP) is 1.98. The summed E-state index contributed by atoms with van der Waals surface area (Å²) in [5.41, 5.74) is 0.625. The molecule has 1 unspecified atom stereocenters.